The fourth-order valence-electron chi connectivity index (χ4n) is 1.45. The summed E-state index contributed by atoms with van der Waals surface area (Å²) in [4.78, 5) is 20.4. The number of rotatable bonds is 5. The van der Waals surface area contributed by atoms with Gasteiger partial charge >= 0.3 is 11.9 Å². The van der Waals surface area contributed by atoms with Gasteiger partial charge in [-0.3, -0.25) is 4.79 Å². The van der Waals surface area contributed by atoms with Crippen molar-refractivity contribution in [2.45, 2.75) is 17.9 Å². The smallest absolute Gasteiger partial charge is 0.341 e. The highest BCUT2D eigenvalue weighted by molar-refractivity contribution is 7.89. The van der Waals surface area contributed by atoms with Crippen molar-refractivity contribution < 1.29 is 37.0 Å². The van der Waals surface area contributed by atoms with E-state index >= 15 is 0 Å². The number of benzene rings is 1. The van der Waals surface area contributed by atoms with Crippen LogP contribution in [-0.4, -0.2) is 48.0 Å². The Labute approximate surface area is 118 Å². The molecule has 0 aromatic heterocycles. The predicted octanol–water partition coefficient (Wildman–Crippen LogP) is 0.757. The van der Waals surface area contributed by atoms with Crippen molar-refractivity contribution in [1.29, 1.82) is 0 Å². The summed E-state index contributed by atoms with van der Waals surface area (Å²) in [5.74, 6) is -6.68. The highest BCUT2D eigenvalue weighted by Gasteiger charge is 2.34. The number of nitrogens with zero attached hydrogens (tertiary/aromatic N) is 1. The fraction of sp³-hybridized carbons (Fsp3) is 0.273. The molecule has 1 atom stereocenters. The third kappa shape index (κ3) is 3.00. The van der Waals surface area contributed by atoms with Crippen LogP contribution in [0.5, 0.6) is 0 Å². The van der Waals surface area contributed by atoms with Gasteiger partial charge in [-0.15, -0.1) is 0 Å². The predicted molar refractivity (Wildman–Crippen MR) is 65.4 cm³/mol. The van der Waals surface area contributed by atoms with Crippen LogP contribution in [0.1, 0.15) is 17.3 Å². The van der Waals surface area contributed by atoms with Gasteiger partial charge in [0, 0.05) is 7.05 Å². The van der Waals surface area contributed by atoms with Gasteiger partial charge in [-0.1, -0.05) is 0 Å². The Morgan fingerprint density at radius 3 is 2.19 bits per heavy atom. The first-order chi connectivity index (χ1) is 9.51. The van der Waals surface area contributed by atoms with Crippen LogP contribution in [0.15, 0.2) is 17.0 Å². The van der Waals surface area contributed by atoms with E-state index in [2.05, 4.69) is 0 Å². The zero-order chi connectivity index (χ0) is 16.5. The van der Waals surface area contributed by atoms with Crippen molar-refractivity contribution in [3.63, 3.8) is 0 Å². The van der Waals surface area contributed by atoms with Crippen LogP contribution in [0.2, 0.25) is 0 Å². The average molecular weight is 323 g/mol. The van der Waals surface area contributed by atoms with Crippen LogP contribution in [0, 0.1) is 11.6 Å². The van der Waals surface area contributed by atoms with Crippen LogP contribution in [0.3, 0.4) is 0 Å². The van der Waals surface area contributed by atoms with Gasteiger partial charge in [0.15, 0.2) is 5.82 Å². The Kier molecular flexibility index (Phi) is 4.64. The summed E-state index contributed by atoms with van der Waals surface area (Å²) in [7, 11) is -3.75. The molecule has 0 heterocycles. The van der Waals surface area contributed by atoms with Crippen molar-refractivity contribution in [1.82, 2.24) is 4.31 Å². The van der Waals surface area contributed by atoms with E-state index in [0.717, 1.165) is 14.0 Å². The molecule has 0 fully saturated rings. The van der Waals surface area contributed by atoms with E-state index in [1.54, 1.807) is 0 Å². The first-order valence-corrected chi connectivity index (χ1v) is 6.88. The molecular formula is C11H11F2NO6S. The molecule has 116 valence electrons. The van der Waals surface area contributed by atoms with Crippen molar-refractivity contribution in [3.8, 4) is 0 Å². The topological polar surface area (TPSA) is 112 Å². The SMILES string of the molecule is C[C@@H](C(=O)O)N(C)S(=O)(=O)c1ccc(F)c(C(=O)O)c1F. The molecule has 0 unspecified atom stereocenters. The summed E-state index contributed by atoms with van der Waals surface area (Å²) in [6.45, 7) is 1.04. The summed E-state index contributed by atoms with van der Waals surface area (Å²) in [5, 5.41) is 17.5. The second-order valence-corrected chi connectivity index (χ2v) is 6.04. The summed E-state index contributed by atoms with van der Waals surface area (Å²) in [5.41, 5.74) is -1.42. The molecule has 0 aliphatic carbocycles. The number of halogens is 2. The number of aromatic carboxylic acids is 1. The molecule has 21 heavy (non-hydrogen) atoms. The molecule has 0 bridgehead atoms. The normalized spacial score (nSPS) is 13.2. The van der Waals surface area contributed by atoms with Crippen molar-refractivity contribution >= 4 is 22.0 Å². The molecule has 0 spiro atoms. The lowest BCUT2D eigenvalue weighted by molar-refractivity contribution is -0.140. The number of carbonyl (C=O) groups is 2. The second-order valence-electron chi connectivity index (χ2n) is 4.08. The zero-order valence-corrected chi connectivity index (χ0v) is 11.7. The van der Waals surface area contributed by atoms with Crippen LogP contribution in [0.4, 0.5) is 8.78 Å². The molecule has 0 radical (unpaired) electrons. The van der Waals surface area contributed by atoms with E-state index in [4.69, 9.17) is 10.2 Å². The minimum Gasteiger partial charge on any atom is -0.480 e. The van der Waals surface area contributed by atoms with Gasteiger partial charge in [0.25, 0.3) is 0 Å². The average Bonchev–Trinajstić information content (AvgIpc) is 2.35. The molecule has 0 saturated carbocycles. The molecule has 0 aliphatic heterocycles. The van der Waals surface area contributed by atoms with Gasteiger partial charge in [0.05, 0.1) is 0 Å². The summed E-state index contributed by atoms with van der Waals surface area (Å²) in [6, 6.07) is -0.497. The molecule has 1 rings (SSSR count). The molecular weight excluding hydrogens is 312 g/mol. The van der Waals surface area contributed by atoms with Gasteiger partial charge in [0.1, 0.15) is 22.3 Å². The quantitative estimate of drug-likeness (QED) is 0.827. The van der Waals surface area contributed by atoms with Crippen LogP contribution >= 0.6 is 0 Å². The fourth-order valence-corrected chi connectivity index (χ4v) is 2.83. The molecule has 7 nitrogen and oxygen atoms in total. The number of hydrogen-bond acceptors (Lipinski definition) is 4. The lowest BCUT2D eigenvalue weighted by atomic mass is 10.2. The summed E-state index contributed by atoms with van der Waals surface area (Å²) >= 11 is 0. The Balaban J connectivity index is 3.50. The molecule has 2 N–H and O–H groups in total. The minimum atomic E-state index is -4.64. The number of aliphatic carboxylic acids is 1. The van der Waals surface area contributed by atoms with Crippen LogP contribution in [-0.2, 0) is 14.8 Å². The Hall–Kier alpha value is -2.07. The van der Waals surface area contributed by atoms with E-state index < -0.39 is 50.1 Å². The molecule has 1 aromatic carbocycles. The monoisotopic (exact) mass is 323 g/mol. The first kappa shape index (κ1) is 17.0. The second kappa shape index (κ2) is 5.74. The zero-order valence-electron chi connectivity index (χ0n) is 10.9. The Morgan fingerprint density at radius 1 is 1.24 bits per heavy atom. The lowest BCUT2D eigenvalue weighted by Crippen LogP contribution is -2.40. The number of sulfonamides is 1. The lowest BCUT2D eigenvalue weighted by Gasteiger charge is -2.21. The van der Waals surface area contributed by atoms with Gasteiger partial charge in [0.2, 0.25) is 10.0 Å². The number of likely N-dealkylation sites (N-methyl/N-ethyl adjacent to an activating group) is 1. The number of carboxylic acid groups (broad SMARTS) is 2. The molecule has 0 saturated heterocycles. The molecule has 0 amide bonds. The maximum Gasteiger partial charge on any atom is 0.341 e. The maximum absolute atomic E-state index is 13.9. The van der Waals surface area contributed by atoms with Gasteiger partial charge < -0.3 is 10.2 Å². The van der Waals surface area contributed by atoms with Crippen molar-refractivity contribution in [2.75, 3.05) is 7.05 Å². The third-order valence-corrected chi connectivity index (χ3v) is 4.77. The molecule has 0 aliphatic rings. The van der Waals surface area contributed by atoms with E-state index in [1.807, 2.05) is 0 Å². The van der Waals surface area contributed by atoms with Gasteiger partial charge in [-0.05, 0) is 19.1 Å². The van der Waals surface area contributed by atoms with E-state index in [-0.39, 0.29) is 0 Å². The van der Waals surface area contributed by atoms with Gasteiger partial charge in [-0.2, -0.15) is 4.31 Å². The van der Waals surface area contributed by atoms with E-state index in [1.165, 1.54) is 0 Å². The Morgan fingerprint density at radius 2 is 1.76 bits per heavy atom. The molecule has 10 heteroatoms. The maximum atomic E-state index is 13.9. The van der Waals surface area contributed by atoms with E-state index in [0.29, 0.717) is 16.4 Å². The van der Waals surface area contributed by atoms with Gasteiger partial charge in [-0.25, -0.2) is 22.0 Å². The largest absolute Gasteiger partial charge is 0.480 e. The standard InChI is InChI=1S/C11H11F2NO6S/c1-5(10(15)16)14(2)21(19,20)7-4-3-6(12)8(9(7)13)11(17)18/h3-5H,1-2H3,(H,15,16)(H,17,18)/t5-/m0/s1. The molecule has 1 aromatic rings. The van der Waals surface area contributed by atoms with Crippen LogP contribution in [0.25, 0.3) is 0 Å². The van der Waals surface area contributed by atoms with E-state index in [9.17, 15) is 26.8 Å². The Bertz CT molecular complexity index is 703. The third-order valence-electron chi connectivity index (χ3n) is 2.83. The number of carboxylic acids is 2. The minimum absolute atomic E-state index is 0.345. The summed E-state index contributed by atoms with van der Waals surface area (Å²) in [6.07, 6.45) is 0. The highest BCUT2D eigenvalue weighted by Crippen LogP contribution is 2.24. The van der Waals surface area contributed by atoms with Crippen LogP contribution < -0.4 is 0 Å². The van der Waals surface area contributed by atoms with Crippen molar-refractivity contribution in [3.05, 3.63) is 29.3 Å². The highest BCUT2D eigenvalue weighted by atomic mass is 32.2. The van der Waals surface area contributed by atoms with Crippen molar-refractivity contribution in [2.24, 2.45) is 0 Å². The summed E-state index contributed by atoms with van der Waals surface area (Å²) < 4.78 is 51.7. The first-order valence-electron chi connectivity index (χ1n) is 5.44. The number of hydrogen-bond donors (Lipinski definition) is 2.